The summed E-state index contributed by atoms with van der Waals surface area (Å²) in [6.07, 6.45) is 1.79. The van der Waals surface area contributed by atoms with Gasteiger partial charge in [-0.3, -0.25) is 9.36 Å². The Hall–Kier alpha value is -2.74. The summed E-state index contributed by atoms with van der Waals surface area (Å²) in [6, 6.07) is 7.45. The molecule has 0 unspecified atom stereocenters. The molecular formula is C14H15N5O3. The van der Waals surface area contributed by atoms with E-state index in [2.05, 4.69) is 15.3 Å². The number of nitrogens with zero attached hydrogens (tertiary/aromatic N) is 5. The van der Waals surface area contributed by atoms with Gasteiger partial charge in [-0.15, -0.1) is 10.2 Å². The number of rotatable bonds is 5. The average molecular weight is 301 g/mol. The van der Waals surface area contributed by atoms with Gasteiger partial charge in [0.1, 0.15) is 17.8 Å². The average Bonchev–Trinajstić information content (AvgIpc) is 2.99. The van der Waals surface area contributed by atoms with Crippen LogP contribution >= 0.6 is 0 Å². The minimum atomic E-state index is -0.280. The predicted octanol–water partition coefficient (Wildman–Crippen LogP) is -0.122. The molecule has 2 heterocycles. The van der Waals surface area contributed by atoms with Crippen molar-refractivity contribution >= 4 is 5.78 Å². The van der Waals surface area contributed by atoms with Crippen molar-refractivity contribution in [1.29, 1.82) is 0 Å². The van der Waals surface area contributed by atoms with Gasteiger partial charge in [0.25, 0.3) is 11.3 Å². The molecule has 22 heavy (non-hydrogen) atoms. The molecule has 1 aromatic carbocycles. The van der Waals surface area contributed by atoms with Gasteiger partial charge in [-0.1, -0.05) is 12.1 Å². The zero-order chi connectivity index (χ0) is 15.5. The van der Waals surface area contributed by atoms with Gasteiger partial charge >= 0.3 is 0 Å². The molecule has 1 N–H and O–H groups in total. The lowest BCUT2D eigenvalue weighted by Gasteiger charge is -2.08. The second-order valence-corrected chi connectivity index (χ2v) is 4.73. The molecule has 0 aliphatic carbocycles. The van der Waals surface area contributed by atoms with E-state index in [1.807, 2.05) is 24.3 Å². The van der Waals surface area contributed by atoms with Crippen molar-refractivity contribution in [2.75, 3.05) is 13.7 Å². The Balaban J connectivity index is 2.06. The Morgan fingerprint density at radius 1 is 1.36 bits per heavy atom. The molecule has 0 saturated heterocycles. The van der Waals surface area contributed by atoms with E-state index in [4.69, 9.17) is 9.84 Å². The third-order valence-corrected chi connectivity index (χ3v) is 3.30. The molecule has 3 aromatic rings. The highest BCUT2D eigenvalue weighted by Crippen LogP contribution is 2.14. The van der Waals surface area contributed by atoms with Crippen LogP contribution in [0.2, 0.25) is 0 Å². The van der Waals surface area contributed by atoms with Gasteiger partial charge in [-0.05, 0) is 17.7 Å². The Morgan fingerprint density at radius 2 is 2.23 bits per heavy atom. The summed E-state index contributed by atoms with van der Waals surface area (Å²) in [7, 11) is 1.59. The largest absolute Gasteiger partial charge is 0.497 e. The van der Waals surface area contributed by atoms with Gasteiger partial charge < -0.3 is 9.84 Å². The number of methoxy groups -OCH3 is 1. The molecule has 3 rings (SSSR count). The predicted molar refractivity (Wildman–Crippen MR) is 77.9 cm³/mol. The Kier molecular flexibility index (Phi) is 3.84. The Labute approximate surface area is 125 Å². The molecule has 0 saturated carbocycles. The highest BCUT2D eigenvalue weighted by molar-refractivity contribution is 5.32. The maximum absolute atomic E-state index is 12.5. The van der Waals surface area contributed by atoms with Crippen molar-refractivity contribution in [3.63, 3.8) is 0 Å². The van der Waals surface area contributed by atoms with Crippen LogP contribution in [0.4, 0.5) is 0 Å². The van der Waals surface area contributed by atoms with Gasteiger partial charge in [0.15, 0.2) is 0 Å². The first-order valence-corrected chi connectivity index (χ1v) is 6.76. The fourth-order valence-electron chi connectivity index (χ4n) is 2.28. The van der Waals surface area contributed by atoms with Crippen LogP contribution in [0, 0.1) is 0 Å². The van der Waals surface area contributed by atoms with Crippen molar-refractivity contribution in [3.05, 3.63) is 52.2 Å². The number of aliphatic hydroxyl groups excluding tert-OH is 1. The smallest absolute Gasteiger partial charge is 0.277 e. The fraction of sp³-hybridized carbons (Fsp3) is 0.286. The summed E-state index contributed by atoms with van der Waals surface area (Å²) in [6.45, 7) is -0.0142. The third kappa shape index (κ3) is 2.56. The first-order valence-electron chi connectivity index (χ1n) is 6.76. The zero-order valence-electron chi connectivity index (χ0n) is 12.0. The normalized spacial score (nSPS) is 11.0. The number of aliphatic hydroxyl groups is 1. The van der Waals surface area contributed by atoms with E-state index in [9.17, 15) is 4.79 Å². The van der Waals surface area contributed by atoms with E-state index in [0.29, 0.717) is 17.9 Å². The van der Waals surface area contributed by atoms with Crippen LogP contribution in [0.5, 0.6) is 5.75 Å². The standard InChI is InChI=1S/C14H15N5O3/c1-22-11-4-2-3-10(7-11)8-12-13(21)18(5-6-20)14-16-15-9-19(14)17-12/h2-4,7,9,20H,5-6,8H2,1H3. The third-order valence-electron chi connectivity index (χ3n) is 3.30. The van der Waals surface area contributed by atoms with Gasteiger partial charge in [-0.2, -0.15) is 9.61 Å². The molecule has 0 bridgehead atoms. The first kappa shape index (κ1) is 14.2. The van der Waals surface area contributed by atoms with Crippen molar-refractivity contribution in [2.24, 2.45) is 0 Å². The molecule has 0 atom stereocenters. The van der Waals surface area contributed by atoms with Crippen LogP contribution in [-0.2, 0) is 13.0 Å². The summed E-state index contributed by atoms with van der Waals surface area (Å²) in [5.74, 6) is 1.03. The van der Waals surface area contributed by atoms with Crippen molar-refractivity contribution in [3.8, 4) is 5.75 Å². The molecule has 8 nitrogen and oxygen atoms in total. The number of fused-ring (bicyclic) bond motifs is 1. The summed E-state index contributed by atoms with van der Waals surface area (Å²) in [4.78, 5) is 12.5. The van der Waals surface area contributed by atoms with E-state index < -0.39 is 0 Å². The molecule has 8 heteroatoms. The highest BCUT2D eigenvalue weighted by atomic mass is 16.5. The number of aromatic nitrogens is 5. The first-order chi connectivity index (χ1) is 10.7. The maximum Gasteiger partial charge on any atom is 0.277 e. The van der Waals surface area contributed by atoms with Gasteiger partial charge in [0.2, 0.25) is 0 Å². The van der Waals surface area contributed by atoms with Crippen molar-refractivity contribution in [2.45, 2.75) is 13.0 Å². The lowest BCUT2D eigenvalue weighted by molar-refractivity contribution is 0.274. The molecule has 0 fully saturated rings. The molecule has 0 spiro atoms. The lowest BCUT2D eigenvalue weighted by Crippen LogP contribution is -2.29. The zero-order valence-corrected chi connectivity index (χ0v) is 12.0. The van der Waals surface area contributed by atoms with Gasteiger partial charge in [-0.25, -0.2) is 0 Å². The van der Waals surface area contributed by atoms with Crippen LogP contribution in [0.25, 0.3) is 5.78 Å². The second-order valence-electron chi connectivity index (χ2n) is 4.73. The minimum absolute atomic E-state index is 0.147. The number of hydrogen-bond donors (Lipinski definition) is 1. The highest BCUT2D eigenvalue weighted by Gasteiger charge is 2.13. The molecule has 0 amide bonds. The number of benzene rings is 1. The van der Waals surface area contributed by atoms with Crippen LogP contribution in [0.1, 0.15) is 11.3 Å². The fourth-order valence-corrected chi connectivity index (χ4v) is 2.28. The van der Waals surface area contributed by atoms with E-state index in [0.717, 1.165) is 11.3 Å². The topological polar surface area (TPSA) is 94.5 Å². The second kappa shape index (κ2) is 5.94. The van der Waals surface area contributed by atoms with Crippen LogP contribution in [0.3, 0.4) is 0 Å². The summed E-state index contributed by atoms with van der Waals surface area (Å²) in [5.41, 5.74) is 0.985. The number of hydrogen-bond acceptors (Lipinski definition) is 6. The van der Waals surface area contributed by atoms with E-state index in [1.54, 1.807) is 7.11 Å². The Morgan fingerprint density at radius 3 is 3.00 bits per heavy atom. The molecular weight excluding hydrogens is 286 g/mol. The molecule has 2 aromatic heterocycles. The van der Waals surface area contributed by atoms with Crippen LogP contribution < -0.4 is 10.3 Å². The van der Waals surface area contributed by atoms with E-state index >= 15 is 0 Å². The molecule has 0 radical (unpaired) electrons. The summed E-state index contributed by atoms with van der Waals surface area (Å²) in [5, 5.41) is 21.0. The summed E-state index contributed by atoms with van der Waals surface area (Å²) >= 11 is 0. The van der Waals surface area contributed by atoms with E-state index in [1.165, 1.54) is 15.4 Å². The lowest BCUT2D eigenvalue weighted by atomic mass is 10.1. The monoisotopic (exact) mass is 301 g/mol. The molecule has 0 aliphatic rings. The van der Waals surface area contributed by atoms with Crippen LogP contribution in [0.15, 0.2) is 35.4 Å². The van der Waals surface area contributed by atoms with Crippen LogP contribution in [-0.4, -0.2) is 43.2 Å². The number of ether oxygens (including phenoxy) is 1. The van der Waals surface area contributed by atoms with Gasteiger partial charge in [0, 0.05) is 6.42 Å². The van der Waals surface area contributed by atoms with E-state index in [-0.39, 0.29) is 18.7 Å². The Bertz CT molecular complexity index is 855. The summed E-state index contributed by atoms with van der Waals surface area (Å²) < 4.78 is 7.99. The minimum Gasteiger partial charge on any atom is -0.497 e. The molecule has 0 aliphatic heterocycles. The van der Waals surface area contributed by atoms with Crippen molar-refractivity contribution < 1.29 is 9.84 Å². The van der Waals surface area contributed by atoms with Crippen molar-refractivity contribution in [1.82, 2.24) is 24.4 Å². The quantitative estimate of drug-likeness (QED) is 0.706. The maximum atomic E-state index is 12.5. The SMILES string of the molecule is COc1cccc(Cc2nn3cnnc3n(CCO)c2=O)c1. The molecule has 114 valence electrons. The van der Waals surface area contributed by atoms with Gasteiger partial charge in [0.05, 0.1) is 20.3 Å².